The number of halogens is 1. The average Bonchev–Trinajstić information content (AvgIpc) is 3.25. The van der Waals surface area contributed by atoms with Gasteiger partial charge in [-0.15, -0.1) is 23.7 Å². The number of para-hydroxylation sites is 1. The van der Waals surface area contributed by atoms with E-state index in [9.17, 15) is 4.79 Å². The first-order chi connectivity index (χ1) is 11.8. The number of carbonyl (C=O) groups is 1. The van der Waals surface area contributed by atoms with Gasteiger partial charge in [-0.25, -0.2) is 4.98 Å². The fourth-order valence-electron chi connectivity index (χ4n) is 3.00. The third kappa shape index (κ3) is 4.18. The topological polar surface area (TPSA) is 54.0 Å². The largest absolute Gasteiger partial charge is 0.326 e. The van der Waals surface area contributed by atoms with Crippen LogP contribution in [0.5, 0.6) is 0 Å². The van der Waals surface area contributed by atoms with E-state index in [1.807, 2.05) is 30.3 Å². The Labute approximate surface area is 157 Å². The van der Waals surface area contributed by atoms with Gasteiger partial charge >= 0.3 is 0 Å². The number of fused-ring (bicyclic) bond motifs is 1. The molecule has 1 aliphatic heterocycles. The first-order valence-corrected chi connectivity index (χ1v) is 9.04. The Morgan fingerprint density at radius 3 is 2.72 bits per heavy atom. The second-order valence-electron chi connectivity index (χ2n) is 6.13. The molecular formula is C19H20ClN3OS. The molecular weight excluding hydrogens is 354 g/mol. The molecule has 2 heterocycles. The van der Waals surface area contributed by atoms with Crippen molar-refractivity contribution >= 4 is 45.6 Å². The van der Waals surface area contributed by atoms with E-state index in [2.05, 4.69) is 33.8 Å². The summed E-state index contributed by atoms with van der Waals surface area (Å²) in [6, 6.07) is 16.3. The number of thiazole rings is 1. The van der Waals surface area contributed by atoms with Crippen molar-refractivity contribution in [3.8, 4) is 0 Å². The van der Waals surface area contributed by atoms with Gasteiger partial charge in [0.2, 0.25) is 5.91 Å². The number of benzene rings is 2. The average molecular weight is 374 g/mol. The van der Waals surface area contributed by atoms with Gasteiger partial charge in [-0.05, 0) is 42.8 Å². The third-order valence-corrected chi connectivity index (χ3v) is 5.38. The lowest BCUT2D eigenvalue weighted by Gasteiger charge is -2.10. The molecule has 1 saturated heterocycles. The van der Waals surface area contributed by atoms with Gasteiger partial charge in [-0.2, -0.15) is 0 Å². The maximum Gasteiger partial charge on any atom is 0.228 e. The number of hydrogen-bond donors (Lipinski definition) is 2. The van der Waals surface area contributed by atoms with Crippen LogP contribution in [0.2, 0.25) is 0 Å². The highest BCUT2D eigenvalue weighted by atomic mass is 35.5. The molecule has 0 aliphatic carbocycles. The van der Waals surface area contributed by atoms with Crippen LogP contribution in [-0.2, 0) is 11.2 Å². The number of aromatic nitrogens is 1. The number of amides is 1. The van der Waals surface area contributed by atoms with Crippen LogP contribution in [0, 0.1) is 5.92 Å². The molecule has 1 aliphatic rings. The van der Waals surface area contributed by atoms with E-state index in [0.29, 0.717) is 0 Å². The van der Waals surface area contributed by atoms with Gasteiger partial charge in [0.05, 0.1) is 21.1 Å². The number of carbonyl (C=O) groups excluding carboxylic acids is 1. The minimum absolute atomic E-state index is 0. The summed E-state index contributed by atoms with van der Waals surface area (Å²) in [5.74, 6) is 0.200. The van der Waals surface area contributed by atoms with E-state index in [4.69, 9.17) is 0 Å². The summed E-state index contributed by atoms with van der Waals surface area (Å²) in [5.41, 5.74) is 3.13. The monoisotopic (exact) mass is 373 g/mol. The highest BCUT2D eigenvalue weighted by molar-refractivity contribution is 7.18. The van der Waals surface area contributed by atoms with Crippen LogP contribution in [0.1, 0.15) is 17.0 Å². The molecule has 130 valence electrons. The molecule has 1 fully saturated rings. The molecule has 0 spiro atoms. The van der Waals surface area contributed by atoms with E-state index in [0.717, 1.165) is 42.1 Å². The van der Waals surface area contributed by atoms with Crippen molar-refractivity contribution < 1.29 is 4.79 Å². The lowest BCUT2D eigenvalue weighted by molar-refractivity contribution is -0.119. The number of anilines is 1. The molecule has 0 bridgehead atoms. The summed E-state index contributed by atoms with van der Waals surface area (Å²) in [4.78, 5) is 16.8. The molecule has 1 amide bonds. The van der Waals surface area contributed by atoms with Gasteiger partial charge in [-0.1, -0.05) is 24.3 Å². The van der Waals surface area contributed by atoms with Crippen LogP contribution in [0.15, 0.2) is 48.5 Å². The quantitative estimate of drug-likeness (QED) is 0.730. The van der Waals surface area contributed by atoms with Crippen LogP contribution in [-0.4, -0.2) is 24.0 Å². The van der Waals surface area contributed by atoms with Crippen molar-refractivity contribution in [1.82, 2.24) is 10.3 Å². The van der Waals surface area contributed by atoms with Gasteiger partial charge in [0, 0.05) is 18.7 Å². The van der Waals surface area contributed by atoms with Gasteiger partial charge < -0.3 is 10.6 Å². The van der Waals surface area contributed by atoms with Gasteiger partial charge in [0.25, 0.3) is 0 Å². The maximum atomic E-state index is 12.1. The van der Waals surface area contributed by atoms with Gasteiger partial charge in [0.15, 0.2) is 0 Å². The molecule has 25 heavy (non-hydrogen) atoms. The minimum atomic E-state index is 0. The van der Waals surface area contributed by atoms with Crippen LogP contribution in [0.25, 0.3) is 10.2 Å². The molecule has 1 aromatic heterocycles. The minimum Gasteiger partial charge on any atom is -0.326 e. The Bertz CT molecular complexity index is 823. The van der Waals surface area contributed by atoms with E-state index >= 15 is 0 Å². The number of rotatable bonds is 4. The Morgan fingerprint density at radius 1 is 1.20 bits per heavy atom. The number of nitrogens with one attached hydrogen (secondary N) is 2. The van der Waals surface area contributed by atoms with Crippen LogP contribution in [0.3, 0.4) is 0 Å². The molecule has 4 rings (SSSR count). The fourth-order valence-corrected chi connectivity index (χ4v) is 4.00. The second-order valence-corrected chi connectivity index (χ2v) is 7.24. The summed E-state index contributed by atoms with van der Waals surface area (Å²) in [7, 11) is 0. The second kappa shape index (κ2) is 7.95. The van der Waals surface area contributed by atoms with Gasteiger partial charge in [-0.3, -0.25) is 4.79 Å². The first kappa shape index (κ1) is 17.9. The fraction of sp³-hybridized carbons (Fsp3) is 0.263. The molecule has 0 saturated carbocycles. The Balaban J connectivity index is 0.00000182. The lowest BCUT2D eigenvalue weighted by Crippen LogP contribution is -2.24. The summed E-state index contributed by atoms with van der Waals surface area (Å²) in [6.45, 7) is 1.71. The molecule has 6 heteroatoms. The van der Waals surface area contributed by atoms with E-state index in [1.165, 1.54) is 10.3 Å². The van der Waals surface area contributed by atoms with Crippen molar-refractivity contribution in [1.29, 1.82) is 0 Å². The summed E-state index contributed by atoms with van der Waals surface area (Å²) in [6.07, 6.45) is 1.74. The van der Waals surface area contributed by atoms with E-state index in [-0.39, 0.29) is 24.2 Å². The lowest BCUT2D eigenvalue weighted by atomic mass is 10.1. The zero-order valence-corrected chi connectivity index (χ0v) is 15.3. The number of hydrogen-bond acceptors (Lipinski definition) is 4. The molecule has 2 N–H and O–H groups in total. The van der Waals surface area contributed by atoms with Crippen molar-refractivity contribution in [2.75, 3.05) is 18.4 Å². The van der Waals surface area contributed by atoms with Crippen LogP contribution < -0.4 is 10.6 Å². The van der Waals surface area contributed by atoms with Crippen LogP contribution >= 0.6 is 23.7 Å². The molecule has 4 nitrogen and oxygen atoms in total. The molecule has 2 aromatic carbocycles. The first-order valence-electron chi connectivity index (χ1n) is 8.23. The Morgan fingerprint density at radius 2 is 2.00 bits per heavy atom. The molecule has 1 unspecified atom stereocenters. The predicted octanol–water partition coefficient (Wildman–Crippen LogP) is 3.86. The normalized spacial score (nSPS) is 16.6. The molecule has 0 radical (unpaired) electrons. The standard InChI is InChI=1S/C19H19N3OS.ClH/c23-19(14-9-10-20-12-14)21-15-7-5-13(6-8-15)11-18-22-16-3-1-2-4-17(16)24-18;/h1-8,14,20H,9-12H2,(H,21,23);1H. The SMILES string of the molecule is Cl.O=C(Nc1ccc(Cc2nc3ccccc3s2)cc1)C1CCNC1. The smallest absolute Gasteiger partial charge is 0.228 e. The number of nitrogens with zero attached hydrogens (tertiary/aromatic N) is 1. The van der Waals surface area contributed by atoms with E-state index < -0.39 is 0 Å². The molecule has 1 atom stereocenters. The van der Waals surface area contributed by atoms with Gasteiger partial charge in [0.1, 0.15) is 0 Å². The maximum absolute atomic E-state index is 12.1. The zero-order valence-electron chi connectivity index (χ0n) is 13.7. The van der Waals surface area contributed by atoms with Crippen molar-refractivity contribution in [3.05, 3.63) is 59.1 Å². The van der Waals surface area contributed by atoms with Crippen molar-refractivity contribution in [2.24, 2.45) is 5.92 Å². The van der Waals surface area contributed by atoms with Crippen molar-refractivity contribution in [2.45, 2.75) is 12.8 Å². The Hall–Kier alpha value is -1.95. The predicted molar refractivity (Wildman–Crippen MR) is 106 cm³/mol. The Kier molecular flexibility index (Phi) is 5.68. The van der Waals surface area contributed by atoms with E-state index in [1.54, 1.807) is 11.3 Å². The summed E-state index contributed by atoms with van der Waals surface area (Å²) in [5, 5.41) is 7.34. The highest BCUT2D eigenvalue weighted by Crippen LogP contribution is 2.24. The molecule has 3 aromatic rings. The third-order valence-electron chi connectivity index (χ3n) is 4.35. The highest BCUT2D eigenvalue weighted by Gasteiger charge is 2.22. The summed E-state index contributed by atoms with van der Waals surface area (Å²) >= 11 is 1.74. The summed E-state index contributed by atoms with van der Waals surface area (Å²) < 4.78 is 1.22. The van der Waals surface area contributed by atoms with Crippen molar-refractivity contribution in [3.63, 3.8) is 0 Å². The zero-order chi connectivity index (χ0) is 16.4. The van der Waals surface area contributed by atoms with Crippen LogP contribution in [0.4, 0.5) is 5.69 Å².